The summed E-state index contributed by atoms with van der Waals surface area (Å²) < 4.78 is 17.8. The van der Waals surface area contributed by atoms with Crippen LogP contribution in [0.3, 0.4) is 0 Å². The molecule has 29 heavy (non-hydrogen) atoms. The SMILES string of the molecule is CC(=O)C[C@@H](C)c1ccc(OC2CCN(c3ccc4c(c3)OCCCO4)C2)cc1. The molecular formula is C24H29NO4. The van der Waals surface area contributed by atoms with E-state index in [0.29, 0.717) is 19.6 Å². The third kappa shape index (κ3) is 4.84. The first-order valence-electron chi connectivity index (χ1n) is 10.5. The van der Waals surface area contributed by atoms with E-state index in [9.17, 15) is 4.79 Å². The molecule has 5 heteroatoms. The number of rotatable bonds is 6. The number of hydrogen-bond acceptors (Lipinski definition) is 5. The largest absolute Gasteiger partial charge is 0.490 e. The van der Waals surface area contributed by atoms with Gasteiger partial charge in [0.2, 0.25) is 0 Å². The topological polar surface area (TPSA) is 48.0 Å². The summed E-state index contributed by atoms with van der Waals surface area (Å²) in [7, 11) is 0. The van der Waals surface area contributed by atoms with Crippen LogP contribution in [0, 0.1) is 0 Å². The molecule has 0 amide bonds. The Hall–Kier alpha value is -2.69. The van der Waals surface area contributed by atoms with Crippen molar-refractivity contribution >= 4 is 11.5 Å². The van der Waals surface area contributed by atoms with Gasteiger partial charge in [0, 0.05) is 37.6 Å². The minimum Gasteiger partial charge on any atom is -0.490 e. The van der Waals surface area contributed by atoms with Crippen molar-refractivity contribution in [2.24, 2.45) is 0 Å². The summed E-state index contributed by atoms with van der Waals surface area (Å²) in [6.45, 7) is 6.94. The summed E-state index contributed by atoms with van der Waals surface area (Å²) in [6.07, 6.45) is 2.63. The number of nitrogens with zero attached hydrogens (tertiary/aromatic N) is 1. The second-order valence-corrected chi connectivity index (χ2v) is 8.03. The molecule has 1 saturated heterocycles. The molecule has 1 unspecified atom stereocenters. The molecule has 2 aromatic carbocycles. The van der Waals surface area contributed by atoms with Gasteiger partial charge in [-0.05, 0) is 42.7 Å². The number of benzene rings is 2. The van der Waals surface area contributed by atoms with E-state index in [2.05, 4.69) is 36.1 Å². The Kier molecular flexibility index (Phi) is 5.93. The summed E-state index contributed by atoms with van der Waals surface area (Å²) in [5.74, 6) is 3.01. The number of carbonyl (C=O) groups is 1. The molecule has 0 spiro atoms. The van der Waals surface area contributed by atoms with Crippen LogP contribution in [0.15, 0.2) is 42.5 Å². The van der Waals surface area contributed by atoms with Crippen molar-refractivity contribution in [2.45, 2.75) is 45.1 Å². The molecule has 0 aliphatic carbocycles. The van der Waals surface area contributed by atoms with Gasteiger partial charge in [-0.2, -0.15) is 0 Å². The van der Waals surface area contributed by atoms with Gasteiger partial charge in [0.25, 0.3) is 0 Å². The fraction of sp³-hybridized carbons (Fsp3) is 0.458. The van der Waals surface area contributed by atoms with Gasteiger partial charge in [-0.15, -0.1) is 0 Å². The van der Waals surface area contributed by atoms with Crippen LogP contribution in [-0.4, -0.2) is 38.2 Å². The lowest BCUT2D eigenvalue weighted by molar-refractivity contribution is -0.117. The minimum absolute atomic E-state index is 0.159. The zero-order chi connectivity index (χ0) is 20.2. The molecule has 0 N–H and O–H groups in total. The fourth-order valence-electron chi connectivity index (χ4n) is 4.02. The van der Waals surface area contributed by atoms with E-state index in [4.69, 9.17) is 14.2 Å². The van der Waals surface area contributed by atoms with Gasteiger partial charge in [-0.25, -0.2) is 0 Å². The molecule has 2 heterocycles. The Labute approximate surface area is 172 Å². The van der Waals surface area contributed by atoms with Gasteiger partial charge in [0.15, 0.2) is 11.5 Å². The van der Waals surface area contributed by atoms with Gasteiger partial charge < -0.3 is 23.9 Å². The second kappa shape index (κ2) is 8.76. The molecule has 1 fully saturated rings. The van der Waals surface area contributed by atoms with E-state index in [1.807, 2.05) is 18.2 Å². The highest BCUT2D eigenvalue weighted by Crippen LogP contribution is 2.35. The Morgan fingerprint density at radius 3 is 2.66 bits per heavy atom. The lowest BCUT2D eigenvalue weighted by Crippen LogP contribution is -2.24. The quantitative estimate of drug-likeness (QED) is 0.716. The number of fused-ring (bicyclic) bond motifs is 1. The Morgan fingerprint density at radius 1 is 1.14 bits per heavy atom. The maximum Gasteiger partial charge on any atom is 0.163 e. The van der Waals surface area contributed by atoms with Crippen LogP contribution < -0.4 is 19.1 Å². The third-order valence-corrected chi connectivity index (χ3v) is 5.59. The van der Waals surface area contributed by atoms with Crippen molar-refractivity contribution in [1.82, 2.24) is 0 Å². The van der Waals surface area contributed by atoms with Crippen molar-refractivity contribution in [3.8, 4) is 17.2 Å². The highest BCUT2D eigenvalue weighted by atomic mass is 16.5. The molecule has 0 aromatic heterocycles. The Bertz CT molecular complexity index is 848. The van der Waals surface area contributed by atoms with Crippen molar-refractivity contribution in [3.05, 3.63) is 48.0 Å². The molecular weight excluding hydrogens is 366 g/mol. The van der Waals surface area contributed by atoms with Crippen LogP contribution in [0.25, 0.3) is 0 Å². The number of Topliss-reactive ketones (excluding diaryl/α,β-unsaturated/α-hetero) is 1. The van der Waals surface area contributed by atoms with Crippen LogP contribution in [-0.2, 0) is 4.79 Å². The molecule has 5 nitrogen and oxygen atoms in total. The fourth-order valence-corrected chi connectivity index (χ4v) is 4.02. The first-order chi connectivity index (χ1) is 14.1. The van der Waals surface area contributed by atoms with Crippen molar-refractivity contribution in [3.63, 3.8) is 0 Å². The maximum absolute atomic E-state index is 11.3. The van der Waals surface area contributed by atoms with Crippen LogP contribution in [0.1, 0.15) is 44.6 Å². The van der Waals surface area contributed by atoms with E-state index < -0.39 is 0 Å². The number of hydrogen-bond donors (Lipinski definition) is 0. The highest BCUT2D eigenvalue weighted by Gasteiger charge is 2.25. The molecule has 2 aromatic rings. The van der Waals surface area contributed by atoms with Gasteiger partial charge >= 0.3 is 0 Å². The lowest BCUT2D eigenvalue weighted by Gasteiger charge is -2.20. The van der Waals surface area contributed by atoms with Gasteiger partial charge in [-0.3, -0.25) is 0 Å². The van der Waals surface area contributed by atoms with Gasteiger partial charge in [0.1, 0.15) is 17.6 Å². The summed E-state index contributed by atoms with van der Waals surface area (Å²) in [5.41, 5.74) is 2.32. The average Bonchev–Trinajstić information content (AvgIpc) is 3.04. The minimum atomic E-state index is 0.159. The Balaban J connectivity index is 1.35. The van der Waals surface area contributed by atoms with E-state index in [0.717, 1.165) is 48.9 Å². The molecule has 4 rings (SSSR count). The van der Waals surface area contributed by atoms with Crippen LogP contribution in [0.4, 0.5) is 5.69 Å². The lowest BCUT2D eigenvalue weighted by atomic mass is 9.96. The second-order valence-electron chi connectivity index (χ2n) is 8.03. The molecule has 0 bridgehead atoms. The summed E-state index contributed by atoms with van der Waals surface area (Å²) in [4.78, 5) is 13.7. The average molecular weight is 395 g/mol. The first-order valence-corrected chi connectivity index (χ1v) is 10.5. The summed E-state index contributed by atoms with van der Waals surface area (Å²) in [6, 6.07) is 14.4. The molecule has 0 saturated carbocycles. The third-order valence-electron chi connectivity index (χ3n) is 5.59. The normalized spacial score (nSPS) is 19.5. The van der Waals surface area contributed by atoms with Crippen LogP contribution in [0.5, 0.6) is 17.2 Å². The number of ether oxygens (including phenoxy) is 3. The predicted molar refractivity (Wildman–Crippen MR) is 113 cm³/mol. The van der Waals surface area contributed by atoms with E-state index in [-0.39, 0.29) is 17.8 Å². The zero-order valence-electron chi connectivity index (χ0n) is 17.2. The molecule has 2 aliphatic heterocycles. The van der Waals surface area contributed by atoms with Gasteiger partial charge in [-0.1, -0.05) is 19.1 Å². The van der Waals surface area contributed by atoms with E-state index in [1.54, 1.807) is 6.92 Å². The molecule has 154 valence electrons. The first kappa shape index (κ1) is 19.6. The summed E-state index contributed by atoms with van der Waals surface area (Å²) >= 11 is 0. The smallest absolute Gasteiger partial charge is 0.163 e. The standard InChI is InChI=1S/C24H29NO4/c1-17(14-18(2)26)19-4-7-21(8-5-19)29-22-10-11-25(16-22)20-6-9-23-24(15-20)28-13-3-12-27-23/h4-9,15,17,22H,3,10-14,16H2,1-2H3/t17-,22?/m1/s1. The predicted octanol–water partition coefficient (Wildman–Crippen LogP) is 4.59. The van der Waals surface area contributed by atoms with Gasteiger partial charge in [0.05, 0.1) is 19.8 Å². The van der Waals surface area contributed by atoms with Crippen LogP contribution >= 0.6 is 0 Å². The number of anilines is 1. The van der Waals surface area contributed by atoms with Crippen molar-refractivity contribution < 1.29 is 19.0 Å². The summed E-state index contributed by atoms with van der Waals surface area (Å²) in [5, 5.41) is 0. The number of ketones is 1. The van der Waals surface area contributed by atoms with E-state index >= 15 is 0 Å². The molecule has 2 atom stereocenters. The van der Waals surface area contributed by atoms with Crippen LogP contribution in [0.2, 0.25) is 0 Å². The van der Waals surface area contributed by atoms with Crippen molar-refractivity contribution in [1.29, 1.82) is 0 Å². The monoisotopic (exact) mass is 395 g/mol. The number of carbonyl (C=O) groups excluding carboxylic acids is 1. The van der Waals surface area contributed by atoms with Crippen molar-refractivity contribution in [2.75, 3.05) is 31.2 Å². The maximum atomic E-state index is 11.3. The van der Waals surface area contributed by atoms with E-state index in [1.165, 1.54) is 5.56 Å². The Morgan fingerprint density at radius 2 is 1.90 bits per heavy atom. The highest BCUT2D eigenvalue weighted by molar-refractivity contribution is 5.76. The molecule has 2 aliphatic rings. The zero-order valence-corrected chi connectivity index (χ0v) is 17.2. The molecule has 0 radical (unpaired) electrons.